The third-order valence-electron chi connectivity index (χ3n) is 3.61. The zero-order valence-corrected chi connectivity index (χ0v) is 12.0. The summed E-state index contributed by atoms with van der Waals surface area (Å²) in [5.41, 5.74) is 8.94. The van der Waals surface area contributed by atoms with Gasteiger partial charge in [0.25, 0.3) is 0 Å². The quantitative estimate of drug-likeness (QED) is 0.770. The first-order valence-electron chi connectivity index (χ1n) is 6.99. The SMILES string of the molecule is CNC(Cc1ccnc(N)c1)c1ccc2ccccc2n1. The summed E-state index contributed by atoms with van der Waals surface area (Å²) in [7, 11) is 1.95. The second kappa shape index (κ2) is 5.89. The molecule has 0 aliphatic rings. The molecule has 106 valence electrons. The highest BCUT2D eigenvalue weighted by molar-refractivity contribution is 5.78. The molecule has 1 atom stereocenters. The molecular formula is C17H18N4. The average Bonchev–Trinajstić information content (AvgIpc) is 2.52. The number of nitrogen functional groups attached to an aromatic ring is 1. The predicted molar refractivity (Wildman–Crippen MR) is 85.9 cm³/mol. The monoisotopic (exact) mass is 278 g/mol. The van der Waals surface area contributed by atoms with Crippen LogP contribution in [0.15, 0.2) is 54.7 Å². The molecule has 4 heteroatoms. The van der Waals surface area contributed by atoms with Gasteiger partial charge in [-0.15, -0.1) is 0 Å². The lowest BCUT2D eigenvalue weighted by Crippen LogP contribution is -2.20. The van der Waals surface area contributed by atoms with Crippen LogP contribution in [0, 0.1) is 0 Å². The van der Waals surface area contributed by atoms with Crippen molar-refractivity contribution in [2.24, 2.45) is 0 Å². The summed E-state index contributed by atoms with van der Waals surface area (Å²) in [5, 5.41) is 4.48. The van der Waals surface area contributed by atoms with Gasteiger partial charge in [-0.3, -0.25) is 4.98 Å². The van der Waals surface area contributed by atoms with Crippen LogP contribution in [0.3, 0.4) is 0 Å². The van der Waals surface area contributed by atoms with Gasteiger partial charge in [-0.1, -0.05) is 24.3 Å². The maximum Gasteiger partial charge on any atom is 0.123 e. The number of hydrogen-bond acceptors (Lipinski definition) is 4. The van der Waals surface area contributed by atoms with E-state index in [9.17, 15) is 0 Å². The van der Waals surface area contributed by atoms with Crippen LogP contribution in [0.25, 0.3) is 10.9 Å². The Kier molecular flexibility index (Phi) is 3.79. The highest BCUT2D eigenvalue weighted by Crippen LogP contribution is 2.20. The lowest BCUT2D eigenvalue weighted by Gasteiger charge is -2.16. The van der Waals surface area contributed by atoms with Crippen molar-refractivity contribution in [3.05, 3.63) is 66.0 Å². The molecule has 3 aromatic rings. The van der Waals surface area contributed by atoms with E-state index < -0.39 is 0 Å². The first kappa shape index (κ1) is 13.5. The van der Waals surface area contributed by atoms with E-state index in [1.807, 2.05) is 37.4 Å². The van der Waals surface area contributed by atoms with E-state index in [4.69, 9.17) is 10.7 Å². The Hall–Kier alpha value is -2.46. The van der Waals surface area contributed by atoms with Crippen molar-refractivity contribution < 1.29 is 0 Å². The van der Waals surface area contributed by atoms with Crippen LogP contribution in [0.5, 0.6) is 0 Å². The molecule has 21 heavy (non-hydrogen) atoms. The van der Waals surface area contributed by atoms with E-state index in [-0.39, 0.29) is 6.04 Å². The molecule has 0 radical (unpaired) electrons. The number of pyridine rings is 2. The first-order valence-corrected chi connectivity index (χ1v) is 6.99. The van der Waals surface area contributed by atoms with Crippen molar-refractivity contribution in [2.45, 2.75) is 12.5 Å². The van der Waals surface area contributed by atoms with E-state index in [0.717, 1.165) is 28.6 Å². The third kappa shape index (κ3) is 3.01. The lowest BCUT2D eigenvalue weighted by molar-refractivity contribution is 0.578. The second-order valence-corrected chi connectivity index (χ2v) is 5.06. The molecular weight excluding hydrogens is 260 g/mol. The Balaban J connectivity index is 1.90. The highest BCUT2D eigenvalue weighted by atomic mass is 14.9. The summed E-state index contributed by atoms with van der Waals surface area (Å²) in [4.78, 5) is 8.78. The number of rotatable bonds is 4. The number of benzene rings is 1. The number of nitrogens with one attached hydrogen (secondary N) is 1. The van der Waals surface area contributed by atoms with Crippen molar-refractivity contribution in [2.75, 3.05) is 12.8 Å². The molecule has 0 saturated carbocycles. The van der Waals surface area contributed by atoms with E-state index >= 15 is 0 Å². The molecule has 0 saturated heterocycles. The van der Waals surface area contributed by atoms with Gasteiger partial charge in [0.1, 0.15) is 5.82 Å². The molecule has 0 amide bonds. The van der Waals surface area contributed by atoms with Gasteiger partial charge < -0.3 is 11.1 Å². The Morgan fingerprint density at radius 3 is 2.81 bits per heavy atom. The van der Waals surface area contributed by atoms with Crippen molar-refractivity contribution in [1.29, 1.82) is 0 Å². The summed E-state index contributed by atoms with van der Waals surface area (Å²) in [6.45, 7) is 0. The van der Waals surface area contributed by atoms with Crippen LogP contribution in [-0.4, -0.2) is 17.0 Å². The van der Waals surface area contributed by atoms with Gasteiger partial charge in [-0.05, 0) is 43.3 Å². The number of anilines is 1. The third-order valence-corrected chi connectivity index (χ3v) is 3.61. The van der Waals surface area contributed by atoms with Gasteiger partial charge >= 0.3 is 0 Å². The van der Waals surface area contributed by atoms with Crippen LogP contribution < -0.4 is 11.1 Å². The zero-order valence-electron chi connectivity index (χ0n) is 12.0. The standard InChI is InChI=1S/C17H18N4/c1-19-16(10-12-8-9-20-17(18)11-12)15-7-6-13-4-2-3-5-14(13)21-15/h2-9,11,16,19H,10H2,1H3,(H2,18,20). The van der Waals surface area contributed by atoms with Gasteiger partial charge in [0.05, 0.1) is 17.3 Å². The number of nitrogens with two attached hydrogens (primary N) is 1. The fourth-order valence-corrected chi connectivity index (χ4v) is 2.49. The van der Waals surface area contributed by atoms with Gasteiger partial charge in [-0.2, -0.15) is 0 Å². The van der Waals surface area contributed by atoms with Crippen LogP contribution in [-0.2, 0) is 6.42 Å². The largest absolute Gasteiger partial charge is 0.384 e. The van der Waals surface area contributed by atoms with Crippen LogP contribution >= 0.6 is 0 Å². The summed E-state index contributed by atoms with van der Waals surface area (Å²) in [6, 6.07) is 16.4. The van der Waals surface area contributed by atoms with Crippen molar-refractivity contribution >= 4 is 16.7 Å². The summed E-state index contributed by atoms with van der Waals surface area (Å²) >= 11 is 0. The number of likely N-dealkylation sites (N-methyl/N-ethyl adjacent to an activating group) is 1. The average molecular weight is 278 g/mol. The summed E-state index contributed by atoms with van der Waals surface area (Å²) in [5.74, 6) is 0.550. The molecule has 2 aromatic heterocycles. The second-order valence-electron chi connectivity index (χ2n) is 5.06. The summed E-state index contributed by atoms with van der Waals surface area (Å²) < 4.78 is 0. The normalized spacial score (nSPS) is 12.4. The highest BCUT2D eigenvalue weighted by Gasteiger charge is 2.12. The molecule has 3 rings (SSSR count). The smallest absolute Gasteiger partial charge is 0.123 e. The van der Waals surface area contributed by atoms with Gasteiger partial charge in [0.2, 0.25) is 0 Å². The first-order chi connectivity index (χ1) is 10.3. The van der Waals surface area contributed by atoms with E-state index in [1.165, 1.54) is 0 Å². The Morgan fingerprint density at radius 2 is 2.00 bits per heavy atom. The fraction of sp³-hybridized carbons (Fsp3) is 0.176. The zero-order chi connectivity index (χ0) is 14.7. The number of nitrogens with zero attached hydrogens (tertiary/aromatic N) is 2. The molecule has 0 aliphatic heterocycles. The number of fused-ring (bicyclic) bond motifs is 1. The Labute approximate surface area is 124 Å². The Morgan fingerprint density at radius 1 is 1.14 bits per heavy atom. The minimum Gasteiger partial charge on any atom is -0.384 e. The maximum atomic E-state index is 5.74. The minimum atomic E-state index is 0.149. The van der Waals surface area contributed by atoms with E-state index in [0.29, 0.717) is 5.82 Å². The molecule has 0 aliphatic carbocycles. The van der Waals surface area contributed by atoms with Crippen molar-refractivity contribution in [3.8, 4) is 0 Å². The van der Waals surface area contributed by atoms with Gasteiger partial charge in [0, 0.05) is 11.6 Å². The van der Waals surface area contributed by atoms with Crippen LogP contribution in [0.1, 0.15) is 17.3 Å². The van der Waals surface area contributed by atoms with Crippen molar-refractivity contribution in [1.82, 2.24) is 15.3 Å². The number of hydrogen-bond donors (Lipinski definition) is 2. The number of aromatic nitrogens is 2. The topological polar surface area (TPSA) is 63.8 Å². The molecule has 4 nitrogen and oxygen atoms in total. The molecule has 0 fully saturated rings. The van der Waals surface area contributed by atoms with Gasteiger partial charge in [0.15, 0.2) is 0 Å². The lowest BCUT2D eigenvalue weighted by atomic mass is 10.0. The van der Waals surface area contributed by atoms with E-state index in [1.54, 1.807) is 6.20 Å². The molecule has 0 bridgehead atoms. The minimum absolute atomic E-state index is 0.149. The molecule has 1 aromatic carbocycles. The van der Waals surface area contributed by atoms with Gasteiger partial charge in [-0.25, -0.2) is 4.98 Å². The van der Waals surface area contributed by atoms with Crippen molar-refractivity contribution in [3.63, 3.8) is 0 Å². The summed E-state index contributed by atoms with van der Waals surface area (Å²) in [6.07, 6.45) is 2.57. The molecule has 2 heterocycles. The molecule has 3 N–H and O–H groups in total. The van der Waals surface area contributed by atoms with Crippen LogP contribution in [0.2, 0.25) is 0 Å². The predicted octanol–water partition coefficient (Wildman–Crippen LogP) is 2.72. The van der Waals surface area contributed by atoms with Crippen LogP contribution in [0.4, 0.5) is 5.82 Å². The number of para-hydroxylation sites is 1. The fourth-order valence-electron chi connectivity index (χ4n) is 2.49. The molecule has 0 spiro atoms. The Bertz CT molecular complexity index is 754. The molecule has 1 unspecified atom stereocenters. The maximum absolute atomic E-state index is 5.74. The van der Waals surface area contributed by atoms with E-state index in [2.05, 4.69) is 28.5 Å².